The van der Waals surface area contributed by atoms with Crippen molar-refractivity contribution < 1.29 is 9.59 Å². The molecule has 2 fully saturated rings. The highest BCUT2D eigenvalue weighted by atomic mass is 16.2. The largest absolute Gasteiger partial charge is 0.337 e. The molecule has 1 spiro atoms. The first kappa shape index (κ1) is 15.8. The molecule has 0 aromatic heterocycles. The summed E-state index contributed by atoms with van der Waals surface area (Å²) in [6.07, 6.45) is 3.84. The molecule has 2 amide bonds. The van der Waals surface area contributed by atoms with Gasteiger partial charge in [0.05, 0.1) is 0 Å². The van der Waals surface area contributed by atoms with Gasteiger partial charge in [0.1, 0.15) is 5.54 Å². The average Bonchev–Trinajstić information content (AvgIpc) is 2.89. The van der Waals surface area contributed by atoms with E-state index in [0.29, 0.717) is 26.1 Å². The zero-order chi connectivity index (χ0) is 15.6. The van der Waals surface area contributed by atoms with E-state index < -0.39 is 5.54 Å². The molecule has 21 heavy (non-hydrogen) atoms. The normalized spacial score (nSPS) is 26.7. The zero-order valence-electron chi connectivity index (χ0n) is 13.0. The summed E-state index contributed by atoms with van der Waals surface area (Å²) in [4.78, 5) is 30.7. The van der Waals surface area contributed by atoms with Crippen molar-refractivity contribution in [3.05, 3.63) is 25.3 Å². The van der Waals surface area contributed by atoms with E-state index in [1.54, 1.807) is 4.90 Å². The number of hydrogen-bond donors (Lipinski definition) is 0. The SMILES string of the molecule is C=CCN1CCN(C(C)C)C(=O)[C@]12CCN(C(=O)C=C)C2. The summed E-state index contributed by atoms with van der Waals surface area (Å²) in [5.74, 6) is 0.0462. The van der Waals surface area contributed by atoms with Crippen LogP contribution in [-0.4, -0.2) is 70.8 Å². The van der Waals surface area contributed by atoms with Crippen molar-refractivity contribution in [3.8, 4) is 0 Å². The third-order valence-electron chi connectivity index (χ3n) is 4.58. The second kappa shape index (κ2) is 6.02. The van der Waals surface area contributed by atoms with Crippen molar-refractivity contribution in [1.82, 2.24) is 14.7 Å². The first-order valence-corrected chi connectivity index (χ1v) is 7.54. The lowest BCUT2D eigenvalue weighted by Crippen LogP contribution is -2.68. The van der Waals surface area contributed by atoms with Crippen LogP contribution in [0.1, 0.15) is 20.3 Å². The lowest BCUT2D eigenvalue weighted by Gasteiger charge is -2.48. The van der Waals surface area contributed by atoms with E-state index in [1.807, 2.05) is 24.8 Å². The molecule has 0 N–H and O–H groups in total. The molecule has 5 heteroatoms. The fourth-order valence-corrected chi connectivity index (χ4v) is 3.40. The Bertz CT molecular complexity index is 460. The fourth-order valence-electron chi connectivity index (χ4n) is 3.40. The van der Waals surface area contributed by atoms with E-state index in [0.717, 1.165) is 13.1 Å². The molecule has 2 aliphatic heterocycles. The molecule has 0 aliphatic carbocycles. The monoisotopic (exact) mass is 291 g/mol. The minimum atomic E-state index is -0.588. The average molecular weight is 291 g/mol. The van der Waals surface area contributed by atoms with E-state index in [-0.39, 0.29) is 17.9 Å². The van der Waals surface area contributed by atoms with E-state index in [4.69, 9.17) is 0 Å². The van der Waals surface area contributed by atoms with Crippen LogP contribution in [0.25, 0.3) is 0 Å². The Morgan fingerprint density at radius 1 is 1.33 bits per heavy atom. The quantitative estimate of drug-likeness (QED) is 0.570. The van der Waals surface area contributed by atoms with Gasteiger partial charge in [-0.3, -0.25) is 14.5 Å². The van der Waals surface area contributed by atoms with Gasteiger partial charge in [-0.25, -0.2) is 0 Å². The third-order valence-corrected chi connectivity index (χ3v) is 4.58. The maximum Gasteiger partial charge on any atom is 0.246 e. The maximum absolute atomic E-state index is 13.0. The first-order valence-electron chi connectivity index (χ1n) is 7.54. The molecule has 2 heterocycles. The summed E-state index contributed by atoms with van der Waals surface area (Å²) in [5, 5.41) is 0. The molecule has 0 saturated carbocycles. The summed E-state index contributed by atoms with van der Waals surface area (Å²) >= 11 is 0. The standard InChI is InChI=1S/C16H25N3O2/c1-5-8-18-10-11-19(13(3)4)15(21)16(18)7-9-17(12-16)14(20)6-2/h5-6,13H,1-2,7-12H2,3-4H3/t16-/m1/s1. The van der Waals surface area contributed by atoms with Gasteiger partial charge in [-0.05, 0) is 26.3 Å². The Hall–Kier alpha value is -1.62. The van der Waals surface area contributed by atoms with Crippen LogP contribution < -0.4 is 0 Å². The predicted molar refractivity (Wildman–Crippen MR) is 82.7 cm³/mol. The molecular formula is C16H25N3O2. The molecule has 0 radical (unpaired) electrons. The second-order valence-electron chi connectivity index (χ2n) is 6.07. The van der Waals surface area contributed by atoms with Crippen LogP contribution in [0.4, 0.5) is 0 Å². The smallest absolute Gasteiger partial charge is 0.246 e. The zero-order valence-corrected chi connectivity index (χ0v) is 13.0. The Morgan fingerprint density at radius 3 is 2.62 bits per heavy atom. The number of carbonyl (C=O) groups is 2. The second-order valence-corrected chi connectivity index (χ2v) is 6.07. The molecule has 2 aliphatic rings. The van der Waals surface area contributed by atoms with Gasteiger partial charge in [0.2, 0.25) is 11.8 Å². The van der Waals surface area contributed by atoms with Crippen molar-refractivity contribution in [3.63, 3.8) is 0 Å². The number of rotatable bonds is 4. The van der Waals surface area contributed by atoms with Gasteiger partial charge in [-0.15, -0.1) is 6.58 Å². The van der Waals surface area contributed by atoms with Crippen LogP contribution in [0.15, 0.2) is 25.3 Å². The Balaban J connectivity index is 2.29. The van der Waals surface area contributed by atoms with E-state index in [2.05, 4.69) is 18.1 Å². The van der Waals surface area contributed by atoms with Crippen LogP contribution in [0.3, 0.4) is 0 Å². The molecule has 2 saturated heterocycles. The van der Waals surface area contributed by atoms with Crippen LogP contribution in [-0.2, 0) is 9.59 Å². The summed E-state index contributed by atoms with van der Waals surface area (Å²) < 4.78 is 0. The van der Waals surface area contributed by atoms with Crippen molar-refractivity contribution in [1.29, 1.82) is 0 Å². The van der Waals surface area contributed by atoms with Gasteiger partial charge in [-0.2, -0.15) is 0 Å². The molecule has 0 aromatic rings. The topological polar surface area (TPSA) is 43.9 Å². The molecule has 0 bridgehead atoms. The van der Waals surface area contributed by atoms with Gasteiger partial charge in [0, 0.05) is 38.8 Å². The minimum absolute atomic E-state index is 0.0973. The lowest BCUT2D eigenvalue weighted by atomic mass is 9.90. The number of hydrogen-bond acceptors (Lipinski definition) is 3. The fraction of sp³-hybridized carbons (Fsp3) is 0.625. The predicted octanol–water partition coefficient (Wildman–Crippen LogP) is 0.882. The third kappa shape index (κ3) is 2.62. The number of carbonyl (C=O) groups excluding carboxylic acids is 2. The highest BCUT2D eigenvalue weighted by Crippen LogP contribution is 2.33. The van der Waals surface area contributed by atoms with Crippen LogP contribution in [0, 0.1) is 0 Å². The molecule has 1 atom stereocenters. The van der Waals surface area contributed by atoms with E-state index in [9.17, 15) is 9.59 Å². The lowest BCUT2D eigenvalue weighted by molar-refractivity contribution is -0.152. The van der Waals surface area contributed by atoms with E-state index >= 15 is 0 Å². The molecular weight excluding hydrogens is 266 g/mol. The molecule has 0 aromatic carbocycles. The maximum atomic E-state index is 13.0. The number of amides is 2. The van der Waals surface area contributed by atoms with Crippen molar-refractivity contribution in [2.45, 2.75) is 31.8 Å². The number of likely N-dealkylation sites (tertiary alicyclic amines) is 1. The van der Waals surface area contributed by atoms with Crippen LogP contribution in [0.5, 0.6) is 0 Å². The van der Waals surface area contributed by atoms with Gasteiger partial charge in [0.15, 0.2) is 0 Å². The Kier molecular flexibility index (Phi) is 4.52. The summed E-state index contributed by atoms with van der Waals surface area (Å²) in [6, 6.07) is 0.185. The number of piperazine rings is 1. The van der Waals surface area contributed by atoms with E-state index in [1.165, 1.54) is 6.08 Å². The highest BCUT2D eigenvalue weighted by Gasteiger charge is 2.53. The first-order chi connectivity index (χ1) is 9.96. The molecule has 5 nitrogen and oxygen atoms in total. The van der Waals surface area contributed by atoms with Gasteiger partial charge in [-0.1, -0.05) is 12.7 Å². The minimum Gasteiger partial charge on any atom is -0.337 e. The summed E-state index contributed by atoms with van der Waals surface area (Å²) in [5.41, 5.74) is -0.588. The molecule has 0 unspecified atom stereocenters. The van der Waals surface area contributed by atoms with Gasteiger partial charge >= 0.3 is 0 Å². The Morgan fingerprint density at radius 2 is 2.05 bits per heavy atom. The van der Waals surface area contributed by atoms with Crippen molar-refractivity contribution >= 4 is 11.8 Å². The summed E-state index contributed by atoms with van der Waals surface area (Å²) in [7, 11) is 0. The highest BCUT2D eigenvalue weighted by molar-refractivity contribution is 5.92. The van der Waals surface area contributed by atoms with Gasteiger partial charge < -0.3 is 9.80 Å². The van der Waals surface area contributed by atoms with Crippen LogP contribution >= 0.6 is 0 Å². The van der Waals surface area contributed by atoms with Gasteiger partial charge in [0.25, 0.3) is 0 Å². The van der Waals surface area contributed by atoms with Crippen molar-refractivity contribution in [2.75, 3.05) is 32.7 Å². The number of nitrogens with zero attached hydrogens (tertiary/aromatic N) is 3. The Labute approximate surface area is 126 Å². The summed E-state index contributed by atoms with van der Waals surface area (Å²) in [6.45, 7) is 14.7. The van der Waals surface area contributed by atoms with Crippen molar-refractivity contribution in [2.24, 2.45) is 0 Å². The molecule has 2 rings (SSSR count). The molecule has 116 valence electrons. The van der Waals surface area contributed by atoms with Crippen LogP contribution in [0.2, 0.25) is 0 Å².